The summed E-state index contributed by atoms with van der Waals surface area (Å²) in [5.41, 5.74) is 2.47. The van der Waals surface area contributed by atoms with Gasteiger partial charge in [0.15, 0.2) is 0 Å². The van der Waals surface area contributed by atoms with E-state index < -0.39 is 0 Å². The van der Waals surface area contributed by atoms with Crippen molar-refractivity contribution in [2.75, 3.05) is 4.90 Å². The van der Waals surface area contributed by atoms with E-state index in [2.05, 4.69) is 0 Å². The van der Waals surface area contributed by atoms with E-state index in [1.54, 1.807) is 24.3 Å². The smallest absolute Gasteiger partial charge is 0.258 e. The van der Waals surface area contributed by atoms with Gasteiger partial charge in [0.2, 0.25) is 0 Å². The normalized spacial score (nSPS) is 14.3. The summed E-state index contributed by atoms with van der Waals surface area (Å²) in [5.74, 6) is -0.412. The molecule has 0 bridgehead atoms. The Morgan fingerprint density at radius 1 is 0.727 bits per heavy atom. The van der Waals surface area contributed by atoms with Gasteiger partial charge in [0, 0.05) is 12.2 Å². The molecule has 0 aromatic heterocycles. The van der Waals surface area contributed by atoms with Crippen LogP contribution in [0.5, 0.6) is 5.75 Å². The summed E-state index contributed by atoms with van der Waals surface area (Å²) in [6.07, 6.45) is 6.37. The highest BCUT2D eigenvalue weighted by Gasteiger charge is 2.24. The average molecular weight is 291 g/mol. The molecule has 1 N–H and O–H groups in total. The minimum Gasteiger partial charge on any atom is -0.508 e. The Kier molecular flexibility index (Phi) is 3.58. The fourth-order valence-corrected chi connectivity index (χ4v) is 2.17. The molecule has 4 nitrogen and oxygen atoms in total. The summed E-state index contributed by atoms with van der Waals surface area (Å²) < 4.78 is 0. The molecule has 2 amide bonds. The van der Waals surface area contributed by atoms with Crippen LogP contribution < -0.4 is 4.90 Å². The SMILES string of the molecule is O=C1C=CC(=O)N1c1ccc(C=Cc2ccc(O)cc2)cc1. The number of phenolic OH excluding ortho intramolecular Hbond substituents is 1. The standard InChI is InChI=1S/C18H13NO3/c20-16-9-5-14(6-10-16)2-1-13-3-7-15(8-4-13)19-17(21)11-12-18(19)22/h1-12,20H. The number of hydrogen-bond acceptors (Lipinski definition) is 3. The highest BCUT2D eigenvalue weighted by Crippen LogP contribution is 2.20. The molecule has 0 aliphatic carbocycles. The summed E-state index contributed by atoms with van der Waals surface area (Å²) >= 11 is 0. The lowest BCUT2D eigenvalue weighted by Crippen LogP contribution is -2.29. The molecule has 0 atom stereocenters. The quantitative estimate of drug-likeness (QED) is 0.698. The van der Waals surface area contributed by atoms with Crippen molar-refractivity contribution in [3.8, 4) is 5.75 Å². The van der Waals surface area contributed by atoms with Gasteiger partial charge in [0.1, 0.15) is 5.75 Å². The number of rotatable bonds is 3. The van der Waals surface area contributed by atoms with Crippen molar-refractivity contribution in [2.24, 2.45) is 0 Å². The van der Waals surface area contributed by atoms with Gasteiger partial charge in [-0.1, -0.05) is 36.4 Å². The molecule has 0 radical (unpaired) electrons. The van der Waals surface area contributed by atoms with Crippen LogP contribution in [0.1, 0.15) is 11.1 Å². The zero-order valence-electron chi connectivity index (χ0n) is 11.6. The minimum atomic E-state index is -0.322. The van der Waals surface area contributed by atoms with Crippen molar-refractivity contribution in [3.63, 3.8) is 0 Å². The number of imide groups is 1. The number of nitrogens with zero attached hydrogens (tertiary/aromatic N) is 1. The van der Waals surface area contributed by atoms with Crippen LogP contribution in [-0.2, 0) is 9.59 Å². The third kappa shape index (κ3) is 2.81. The first-order chi connectivity index (χ1) is 10.6. The van der Waals surface area contributed by atoms with E-state index in [1.165, 1.54) is 12.2 Å². The van der Waals surface area contributed by atoms with Gasteiger partial charge in [-0.15, -0.1) is 0 Å². The molecule has 0 fully saturated rings. The summed E-state index contributed by atoms with van der Waals surface area (Å²) in [6.45, 7) is 0. The molecule has 4 heteroatoms. The highest BCUT2D eigenvalue weighted by atomic mass is 16.3. The fourth-order valence-electron chi connectivity index (χ4n) is 2.17. The van der Waals surface area contributed by atoms with Crippen molar-refractivity contribution in [1.82, 2.24) is 0 Å². The largest absolute Gasteiger partial charge is 0.508 e. The summed E-state index contributed by atoms with van der Waals surface area (Å²) in [7, 11) is 0. The topological polar surface area (TPSA) is 57.6 Å². The molecule has 0 saturated carbocycles. The number of carbonyl (C=O) groups is 2. The molecule has 1 aliphatic heterocycles. The predicted molar refractivity (Wildman–Crippen MR) is 85.1 cm³/mol. The van der Waals surface area contributed by atoms with Crippen molar-refractivity contribution in [2.45, 2.75) is 0 Å². The van der Waals surface area contributed by atoms with Gasteiger partial charge in [-0.05, 0) is 35.4 Å². The first-order valence-electron chi connectivity index (χ1n) is 6.77. The van der Waals surface area contributed by atoms with E-state index in [4.69, 9.17) is 0 Å². The third-order valence-electron chi connectivity index (χ3n) is 3.32. The van der Waals surface area contributed by atoms with Crippen LogP contribution in [0.3, 0.4) is 0 Å². The Morgan fingerprint density at radius 2 is 1.18 bits per heavy atom. The molecule has 1 aliphatic rings. The Morgan fingerprint density at radius 3 is 1.68 bits per heavy atom. The van der Waals surface area contributed by atoms with Crippen LogP contribution in [0.15, 0.2) is 60.7 Å². The van der Waals surface area contributed by atoms with Crippen LogP contribution in [0.25, 0.3) is 12.2 Å². The van der Waals surface area contributed by atoms with Crippen LogP contribution in [-0.4, -0.2) is 16.9 Å². The van der Waals surface area contributed by atoms with Crippen LogP contribution in [0.2, 0.25) is 0 Å². The number of hydrogen-bond donors (Lipinski definition) is 1. The minimum absolute atomic E-state index is 0.232. The average Bonchev–Trinajstić information content (AvgIpc) is 2.86. The Hall–Kier alpha value is -3.14. The van der Waals surface area contributed by atoms with E-state index in [0.29, 0.717) is 5.69 Å². The van der Waals surface area contributed by atoms with E-state index >= 15 is 0 Å². The maximum Gasteiger partial charge on any atom is 0.258 e. The van der Waals surface area contributed by atoms with Crippen LogP contribution >= 0.6 is 0 Å². The van der Waals surface area contributed by atoms with Crippen LogP contribution in [0.4, 0.5) is 5.69 Å². The van der Waals surface area contributed by atoms with Gasteiger partial charge in [0.05, 0.1) is 5.69 Å². The first kappa shape index (κ1) is 13.8. The summed E-state index contributed by atoms with van der Waals surface area (Å²) in [4.78, 5) is 24.3. The number of aromatic hydroxyl groups is 1. The predicted octanol–water partition coefficient (Wildman–Crippen LogP) is 2.99. The molecule has 108 valence electrons. The summed E-state index contributed by atoms with van der Waals surface area (Å²) in [5, 5.41) is 9.23. The van der Waals surface area contributed by atoms with Gasteiger partial charge in [-0.3, -0.25) is 9.59 Å². The van der Waals surface area contributed by atoms with Crippen molar-refractivity contribution in [1.29, 1.82) is 0 Å². The van der Waals surface area contributed by atoms with E-state index in [1.807, 2.05) is 36.4 Å². The molecule has 0 saturated heterocycles. The number of carbonyl (C=O) groups excluding carboxylic acids is 2. The lowest BCUT2D eigenvalue weighted by molar-refractivity contribution is -0.119. The van der Waals surface area contributed by atoms with E-state index in [9.17, 15) is 14.7 Å². The van der Waals surface area contributed by atoms with Gasteiger partial charge in [0.25, 0.3) is 11.8 Å². The number of amides is 2. The lowest BCUT2D eigenvalue weighted by Gasteiger charge is -2.13. The fraction of sp³-hybridized carbons (Fsp3) is 0. The number of benzene rings is 2. The summed E-state index contributed by atoms with van der Waals surface area (Å²) in [6, 6.07) is 14.0. The zero-order valence-corrected chi connectivity index (χ0v) is 11.6. The van der Waals surface area contributed by atoms with E-state index in [0.717, 1.165) is 16.0 Å². The maximum atomic E-state index is 11.6. The zero-order chi connectivity index (χ0) is 15.5. The molecule has 2 aromatic carbocycles. The van der Waals surface area contributed by atoms with E-state index in [-0.39, 0.29) is 17.6 Å². The Balaban J connectivity index is 1.76. The molecule has 1 heterocycles. The number of phenols is 1. The molecule has 2 aromatic rings. The molecule has 0 unspecified atom stereocenters. The van der Waals surface area contributed by atoms with Gasteiger partial charge in [-0.25, -0.2) is 4.90 Å². The van der Waals surface area contributed by atoms with Gasteiger partial charge >= 0.3 is 0 Å². The second-order valence-electron chi connectivity index (χ2n) is 4.86. The lowest BCUT2D eigenvalue weighted by atomic mass is 10.1. The Labute approximate surface area is 127 Å². The molecule has 0 spiro atoms. The molecular weight excluding hydrogens is 278 g/mol. The van der Waals surface area contributed by atoms with Crippen molar-refractivity contribution < 1.29 is 14.7 Å². The highest BCUT2D eigenvalue weighted by molar-refractivity contribution is 6.28. The van der Waals surface area contributed by atoms with Gasteiger partial charge in [-0.2, -0.15) is 0 Å². The monoisotopic (exact) mass is 291 g/mol. The van der Waals surface area contributed by atoms with Crippen molar-refractivity contribution >= 4 is 29.7 Å². The Bertz CT molecular complexity index is 753. The third-order valence-corrected chi connectivity index (χ3v) is 3.32. The van der Waals surface area contributed by atoms with Gasteiger partial charge < -0.3 is 5.11 Å². The van der Waals surface area contributed by atoms with Crippen molar-refractivity contribution in [3.05, 3.63) is 71.8 Å². The second kappa shape index (κ2) is 5.69. The maximum absolute atomic E-state index is 11.6. The van der Waals surface area contributed by atoms with Crippen LogP contribution in [0, 0.1) is 0 Å². The second-order valence-corrected chi connectivity index (χ2v) is 4.86. The first-order valence-corrected chi connectivity index (χ1v) is 6.77. The molecule has 3 rings (SSSR count). The number of anilines is 1. The molecule has 22 heavy (non-hydrogen) atoms. The molecular formula is C18H13NO3.